The van der Waals surface area contributed by atoms with Crippen molar-refractivity contribution >= 4 is 39.5 Å². The number of hydrogen-bond donors (Lipinski definition) is 3. The zero-order valence-electron chi connectivity index (χ0n) is 61.6. The first kappa shape index (κ1) is 92.1. The summed E-state index contributed by atoms with van der Waals surface area (Å²) < 4.78 is 68.5. The zero-order chi connectivity index (χ0) is 69.6. The highest BCUT2D eigenvalue weighted by molar-refractivity contribution is 7.47. The van der Waals surface area contributed by atoms with E-state index in [1.54, 1.807) is 0 Å². The van der Waals surface area contributed by atoms with Gasteiger partial charge in [0.2, 0.25) is 0 Å². The summed E-state index contributed by atoms with van der Waals surface area (Å²) in [5.41, 5.74) is 0. The number of aliphatic hydroxyl groups is 1. The highest BCUT2D eigenvalue weighted by atomic mass is 31.2. The summed E-state index contributed by atoms with van der Waals surface area (Å²) in [6.07, 6.45) is 48.6. The van der Waals surface area contributed by atoms with E-state index in [9.17, 15) is 43.2 Å². The topological polar surface area (TPSA) is 237 Å². The molecule has 3 N–H and O–H groups in total. The number of unbranched alkanes of at least 4 members (excludes halogenated alkanes) is 37. The van der Waals surface area contributed by atoms with Gasteiger partial charge in [-0.05, 0) is 49.4 Å². The van der Waals surface area contributed by atoms with Gasteiger partial charge in [0.05, 0.1) is 26.4 Å². The van der Waals surface area contributed by atoms with Gasteiger partial charge in [-0.25, -0.2) is 9.13 Å². The zero-order valence-corrected chi connectivity index (χ0v) is 63.4. The van der Waals surface area contributed by atoms with Gasteiger partial charge in [-0.15, -0.1) is 0 Å². The molecular weight excluding hydrogens is 1230 g/mol. The molecule has 0 aromatic carbocycles. The standard InChI is InChI=1S/C75H146O17P2/c1-9-68(8)54-46-38-29-23-18-20-26-32-42-50-58-75(80)92-71(62-86-73(78)56-48-40-34-33-37-45-53-67(6)7)64-90-94(83,84)88-60-69(76)59-87-93(81,82)89-63-70(61-85-72(77)55-47-39-30-24-19-17-22-28-36-44-52-66(4)5)91-74(79)57-49-41-31-25-16-14-12-10-11-13-15-21-27-35-43-51-65(2)3/h65-71,76H,9-64H2,1-8H3,(H,81,82)(H,83,84)/t68?,69-,70-,71-/m1/s1. The molecule has 0 radical (unpaired) electrons. The Morgan fingerprint density at radius 1 is 0.298 bits per heavy atom. The molecule has 0 saturated carbocycles. The van der Waals surface area contributed by atoms with Gasteiger partial charge in [-0.1, -0.05) is 325 Å². The minimum atomic E-state index is -4.96. The number of carbonyl (C=O) groups is 4. The van der Waals surface area contributed by atoms with Gasteiger partial charge in [0.25, 0.3) is 0 Å². The van der Waals surface area contributed by atoms with Crippen molar-refractivity contribution in [3.63, 3.8) is 0 Å². The third-order valence-corrected chi connectivity index (χ3v) is 19.6. The van der Waals surface area contributed by atoms with Crippen LogP contribution in [-0.4, -0.2) is 96.7 Å². The maximum absolute atomic E-state index is 13.1. The minimum absolute atomic E-state index is 0.105. The van der Waals surface area contributed by atoms with Crippen LogP contribution in [0.2, 0.25) is 0 Å². The number of hydrogen-bond acceptors (Lipinski definition) is 15. The first-order valence-electron chi connectivity index (χ1n) is 38.7. The number of carbonyl (C=O) groups excluding carboxylic acids is 4. The van der Waals surface area contributed by atoms with Crippen LogP contribution in [0.1, 0.15) is 376 Å². The number of ether oxygens (including phenoxy) is 4. The predicted molar refractivity (Wildman–Crippen MR) is 381 cm³/mol. The monoisotopic (exact) mass is 1380 g/mol. The Kier molecular flexibility index (Phi) is 63.1. The third kappa shape index (κ3) is 67.3. The molecule has 0 heterocycles. The molecule has 0 aliphatic heterocycles. The Labute approximate surface area is 575 Å². The maximum Gasteiger partial charge on any atom is 0.472 e. The largest absolute Gasteiger partial charge is 0.472 e. The van der Waals surface area contributed by atoms with Crippen LogP contribution in [0.5, 0.6) is 0 Å². The average molecular weight is 1380 g/mol. The lowest BCUT2D eigenvalue weighted by molar-refractivity contribution is -0.161. The lowest BCUT2D eigenvalue weighted by Gasteiger charge is -2.21. The van der Waals surface area contributed by atoms with Gasteiger partial charge in [0, 0.05) is 25.7 Å². The van der Waals surface area contributed by atoms with Gasteiger partial charge in [-0.2, -0.15) is 0 Å². The van der Waals surface area contributed by atoms with E-state index >= 15 is 0 Å². The summed E-state index contributed by atoms with van der Waals surface area (Å²) in [6, 6.07) is 0. The Balaban J connectivity index is 5.24. The summed E-state index contributed by atoms with van der Waals surface area (Å²) >= 11 is 0. The van der Waals surface area contributed by atoms with Crippen molar-refractivity contribution in [3.8, 4) is 0 Å². The second kappa shape index (κ2) is 64.4. The highest BCUT2D eigenvalue weighted by Gasteiger charge is 2.30. The fourth-order valence-corrected chi connectivity index (χ4v) is 12.9. The molecule has 0 rings (SSSR count). The first-order chi connectivity index (χ1) is 45.1. The second-order valence-corrected chi connectivity index (χ2v) is 31.6. The van der Waals surface area contributed by atoms with E-state index in [-0.39, 0.29) is 25.7 Å². The Morgan fingerprint density at radius 3 is 0.755 bits per heavy atom. The van der Waals surface area contributed by atoms with Crippen LogP contribution in [0.25, 0.3) is 0 Å². The molecule has 558 valence electrons. The normalized spacial score (nSPS) is 14.4. The van der Waals surface area contributed by atoms with Crippen LogP contribution < -0.4 is 0 Å². The van der Waals surface area contributed by atoms with Crippen molar-refractivity contribution in [2.24, 2.45) is 23.7 Å². The molecule has 0 spiro atoms. The molecular formula is C75H146O17P2. The van der Waals surface area contributed by atoms with Crippen molar-refractivity contribution < 1.29 is 80.2 Å². The van der Waals surface area contributed by atoms with Crippen LogP contribution in [0.3, 0.4) is 0 Å². The molecule has 0 saturated heterocycles. The number of rotatable bonds is 72. The van der Waals surface area contributed by atoms with Crippen LogP contribution in [0.15, 0.2) is 0 Å². The molecule has 0 aliphatic rings. The molecule has 19 heteroatoms. The number of phosphoric ester groups is 2. The summed E-state index contributed by atoms with van der Waals surface area (Å²) in [7, 11) is -9.91. The van der Waals surface area contributed by atoms with Crippen molar-refractivity contribution in [1.82, 2.24) is 0 Å². The highest BCUT2D eigenvalue weighted by Crippen LogP contribution is 2.45. The molecule has 0 bridgehead atoms. The van der Waals surface area contributed by atoms with Crippen LogP contribution in [0.4, 0.5) is 0 Å². The van der Waals surface area contributed by atoms with Gasteiger partial charge < -0.3 is 33.8 Å². The fourth-order valence-electron chi connectivity index (χ4n) is 11.3. The summed E-state index contributed by atoms with van der Waals surface area (Å²) in [4.78, 5) is 72.7. The van der Waals surface area contributed by atoms with Gasteiger partial charge in [-0.3, -0.25) is 37.3 Å². The summed E-state index contributed by atoms with van der Waals surface area (Å²) in [5.74, 6) is 0.920. The van der Waals surface area contributed by atoms with E-state index in [1.807, 2.05) is 0 Å². The van der Waals surface area contributed by atoms with E-state index in [4.69, 9.17) is 37.0 Å². The Hall–Kier alpha value is -1.94. The quantitative estimate of drug-likeness (QED) is 0.0222. The lowest BCUT2D eigenvalue weighted by atomic mass is 9.99. The summed E-state index contributed by atoms with van der Waals surface area (Å²) in [5, 5.41) is 10.6. The minimum Gasteiger partial charge on any atom is -0.462 e. The van der Waals surface area contributed by atoms with Gasteiger partial charge in [0.15, 0.2) is 12.2 Å². The lowest BCUT2D eigenvalue weighted by Crippen LogP contribution is -2.30. The van der Waals surface area contributed by atoms with Crippen molar-refractivity contribution in [2.45, 2.75) is 395 Å². The number of aliphatic hydroxyl groups excluding tert-OH is 1. The van der Waals surface area contributed by atoms with E-state index in [1.165, 1.54) is 173 Å². The van der Waals surface area contributed by atoms with E-state index in [0.717, 1.165) is 114 Å². The van der Waals surface area contributed by atoms with Crippen molar-refractivity contribution in [3.05, 3.63) is 0 Å². The average Bonchev–Trinajstić information content (AvgIpc) is 1.29. The molecule has 0 aromatic rings. The molecule has 17 nitrogen and oxygen atoms in total. The van der Waals surface area contributed by atoms with Crippen molar-refractivity contribution in [1.29, 1.82) is 0 Å². The van der Waals surface area contributed by atoms with Crippen molar-refractivity contribution in [2.75, 3.05) is 39.6 Å². The molecule has 0 aliphatic carbocycles. The SMILES string of the molecule is CCC(C)CCCCCCCCCCCCC(=O)O[C@H](COC(=O)CCCCCCCCC(C)C)COP(=O)(O)OC[C@H](O)COP(=O)(O)OC[C@@H](COC(=O)CCCCCCCCCCCCC(C)C)OC(=O)CCCCCCCCCCCCCCCCCC(C)C. The van der Waals surface area contributed by atoms with Gasteiger partial charge in [0.1, 0.15) is 19.3 Å². The molecule has 94 heavy (non-hydrogen) atoms. The molecule has 0 fully saturated rings. The molecule has 0 amide bonds. The second-order valence-electron chi connectivity index (χ2n) is 28.7. The molecule has 6 atom stereocenters. The number of phosphoric acid groups is 2. The maximum atomic E-state index is 13.1. The van der Waals surface area contributed by atoms with Crippen LogP contribution in [0, 0.1) is 23.7 Å². The van der Waals surface area contributed by atoms with Crippen LogP contribution in [-0.2, 0) is 65.4 Å². The van der Waals surface area contributed by atoms with Crippen LogP contribution >= 0.6 is 15.6 Å². The fraction of sp³-hybridized carbons (Fsp3) is 0.947. The van der Waals surface area contributed by atoms with E-state index in [2.05, 4.69) is 55.4 Å². The molecule has 0 aromatic heterocycles. The van der Waals surface area contributed by atoms with E-state index in [0.29, 0.717) is 31.6 Å². The summed E-state index contributed by atoms with van der Waals surface area (Å²) in [6.45, 7) is 14.2. The van der Waals surface area contributed by atoms with E-state index < -0.39 is 97.5 Å². The third-order valence-electron chi connectivity index (χ3n) is 17.7. The van der Waals surface area contributed by atoms with Gasteiger partial charge >= 0.3 is 39.5 Å². The first-order valence-corrected chi connectivity index (χ1v) is 41.7. The predicted octanol–water partition coefficient (Wildman–Crippen LogP) is 21.7. The smallest absolute Gasteiger partial charge is 0.462 e. The number of esters is 4. The molecule has 3 unspecified atom stereocenters. The Bertz CT molecular complexity index is 1850. The Morgan fingerprint density at radius 2 is 0.511 bits per heavy atom.